The predicted molar refractivity (Wildman–Crippen MR) is 208 cm³/mol. The first-order chi connectivity index (χ1) is 25.0. The van der Waals surface area contributed by atoms with Gasteiger partial charge < -0.3 is 0 Å². The number of fused-ring (bicyclic) bond motifs is 3. The van der Waals surface area contributed by atoms with Gasteiger partial charge in [-0.25, -0.2) is 15.0 Å². The van der Waals surface area contributed by atoms with Crippen molar-refractivity contribution in [3.63, 3.8) is 0 Å². The molecule has 2 aromatic heterocycles. The highest BCUT2D eigenvalue weighted by Crippen LogP contribution is 2.49. The summed E-state index contributed by atoms with van der Waals surface area (Å²) in [5.74, 6) is 1.90. The Morgan fingerprint density at radius 1 is 0.353 bits per heavy atom. The van der Waals surface area contributed by atoms with Crippen molar-refractivity contribution in [1.29, 1.82) is 0 Å². The molecule has 0 saturated heterocycles. The van der Waals surface area contributed by atoms with Gasteiger partial charge in [0.05, 0.1) is 5.69 Å². The lowest BCUT2D eigenvalue weighted by molar-refractivity contribution is 0.660. The highest BCUT2D eigenvalue weighted by molar-refractivity contribution is 5.85. The van der Waals surface area contributed by atoms with E-state index in [0.29, 0.717) is 17.5 Å². The van der Waals surface area contributed by atoms with Gasteiger partial charge in [0.25, 0.3) is 0 Å². The summed E-state index contributed by atoms with van der Waals surface area (Å²) in [4.78, 5) is 19.3. The van der Waals surface area contributed by atoms with Gasteiger partial charge in [0.15, 0.2) is 17.5 Å². The smallest absolute Gasteiger partial charge is 0.164 e. The van der Waals surface area contributed by atoms with Crippen molar-refractivity contribution in [2.45, 2.75) is 19.3 Å². The summed E-state index contributed by atoms with van der Waals surface area (Å²) in [7, 11) is 0. The molecule has 9 rings (SSSR count). The average molecular weight is 655 g/mol. The molecule has 0 atom stereocenters. The molecule has 0 amide bonds. The highest BCUT2D eigenvalue weighted by Gasteiger charge is 2.35. The van der Waals surface area contributed by atoms with Crippen molar-refractivity contribution in [3.05, 3.63) is 181 Å². The predicted octanol–water partition coefficient (Wildman–Crippen LogP) is 11.6. The summed E-state index contributed by atoms with van der Waals surface area (Å²) >= 11 is 0. The molecule has 1 aliphatic rings. The molecule has 6 aromatic carbocycles. The summed E-state index contributed by atoms with van der Waals surface area (Å²) in [6.07, 6.45) is 1.81. The van der Waals surface area contributed by atoms with Gasteiger partial charge in [0.2, 0.25) is 0 Å². The summed E-state index contributed by atoms with van der Waals surface area (Å²) in [5.41, 5.74) is 14.9. The van der Waals surface area contributed by atoms with Crippen LogP contribution in [0.4, 0.5) is 0 Å². The van der Waals surface area contributed by atoms with E-state index in [1.165, 1.54) is 33.4 Å². The van der Waals surface area contributed by atoms with Crippen LogP contribution in [0.2, 0.25) is 0 Å². The Bertz CT molecular complexity index is 2520. The molecule has 0 radical (unpaired) electrons. The van der Waals surface area contributed by atoms with Gasteiger partial charge in [-0.1, -0.05) is 153 Å². The standard InChI is InChI=1S/C47H34N4/c1-47(2)41-16-7-6-15-39(41)40-30-38(26-27-42(40)47)37-14-10-13-36(29-37)31-18-22-34(23-19-31)45-49-44(33-11-4-3-5-12-33)50-46(51-45)35-24-20-32(21-25-35)43-17-8-9-28-48-43/h3-30H,1-2H3. The van der Waals surface area contributed by atoms with E-state index in [1.54, 1.807) is 0 Å². The second-order valence-electron chi connectivity index (χ2n) is 13.6. The first-order valence-electron chi connectivity index (χ1n) is 17.3. The molecule has 0 fully saturated rings. The Hall–Kier alpha value is -6.52. The fraction of sp³-hybridized carbons (Fsp3) is 0.0638. The van der Waals surface area contributed by atoms with Crippen molar-refractivity contribution in [2.75, 3.05) is 0 Å². The fourth-order valence-corrected chi connectivity index (χ4v) is 7.26. The second-order valence-corrected chi connectivity index (χ2v) is 13.6. The zero-order valence-electron chi connectivity index (χ0n) is 28.5. The van der Waals surface area contributed by atoms with Crippen molar-refractivity contribution in [2.24, 2.45) is 0 Å². The maximum Gasteiger partial charge on any atom is 0.164 e. The van der Waals surface area contributed by atoms with Crippen LogP contribution in [0.25, 0.3) is 78.8 Å². The van der Waals surface area contributed by atoms with Crippen molar-refractivity contribution >= 4 is 0 Å². The SMILES string of the molecule is CC1(C)c2ccccc2-c2cc(-c3cccc(-c4ccc(-c5nc(-c6ccccc6)nc(-c6ccc(-c7ccccn7)cc6)n5)cc4)c3)ccc21. The lowest BCUT2D eigenvalue weighted by Crippen LogP contribution is -2.14. The van der Waals surface area contributed by atoms with Crippen LogP contribution in [0.15, 0.2) is 170 Å². The molecular formula is C47H34N4. The van der Waals surface area contributed by atoms with Crippen LogP contribution in [0.5, 0.6) is 0 Å². The van der Waals surface area contributed by atoms with Crippen LogP contribution in [0.1, 0.15) is 25.0 Å². The molecule has 51 heavy (non-hydrogen) atoms. The van der Waals surface area contributed by atoms with Gasteiger partial charge in [-0.2, -0.15) is 0 Å². The lowest BCUT2D eigenvalue weighted by Gasteiger charge is -2.21. The number of rotatable bonds is 6. The zero-order valence-corrected chi connectivity index (χ0v) is 28.5. The lowest BCUT2D eigenvalue weighted by atomic mass is 9.82. The van der Waals surface area contributed by atoms with Crippen LogP contribution < -0.4 is 0 Å². The monoisotopic (exact) mass is 654 g/mol. The molecule has 8 aromatic rings. The Balaban J connectivity index is 1.04. The van der Waals surface area contributed by atoms with E-state index in [9.17, 15) is 0 Å². The third-order valence-electron chi connectivity index (χ3n) is 10.0. The summed E-state index contributed by atoms with van der Waals surface area (Å²) < 4.78 is 0. The Labute approximate surface area is 298 Å². The molecule has 0 unspecified atom stereocenters. The molecule has 0 saturated carbocycles. The topological polar surface area (TPSA) is 51.6 Å². The Morgan fingerprint density at radius 2 is 0.843 bits per heavy atom. The van der Waals surface area contributed by atoms with Gasteiger partial charge in [-0.15, -0.1) is 0 Å². The van der Waals surface area contributed by atoms with Gasteiger partial charge in [0, 0.05) is 33.9 Å². The number of hydrogen-bond acceptors (Lipinski definition) is 4. The highest BCUT2D eigenvalue weighted by atomic mass is 15.0. The van der Waals surface area contributed by atoms with E-state index < -0.39 is 0 Å². The molecule has 2 heterocycles. The van der Waals surface area contributed by atoms with Gasteiger partial charge in [-0.05, 0) is 68.8 Å². The minimum absolute atomic E-state index is 0.0000849. The molecule has 0 spiro atoms. The molecule has 4 heteroatoms. The van der Waals surface area contributed by atoms with Crippen LogP contribution in [-0.2, 0) is 5.41 Å². The van der Waals surface area contributed by atoms with Gasteiger partial charge in [-0.3, -0.25) is 4.98 Å². The van der Waals surface area contributed by atoms with Crippen molar-refractivity contribution in [1.82, 2.24) is 19.9 Å². The van der Waals surface area contributed by atoms with E-state index >= 15 is 0 Å². The van der Waals surface area contributed by atoms with E-state index in [0.717, 1.165) is 39.1 Å². The minimum atomic E-state index is -0.0000849. The third kappa shape index (κ3) is 5.61. The summed E-state index contributed by atoms with van der Waals surface area (Å²) in [5, 5.41) is 0. The van der Waals surface area contributed by atoms with Crippen LogP contribution in [-0.4, -0.2) is 19.9 Å². The number of hydrogen-bond donors (Lipinski definition) is 0. The summed E-state index contributed by atoms with van der Waals surface area (Å²) in [6, 6.07) is 57.3. The van der Waals surface area contributed by atoms with Crippen LogP contribution in [0, 0.1) is 0 Å². The minimum Gasteiger partial charge on any atom is -0.256 e. The Morgan fingerprint density at radius 3 is 1.51 bits per heavy atom. The van der Waals surface area contributed by atoms with Crippen molar-refractivity contribution in [3.8, 4) is 78.8 Å². The van der Waals surface area contributed by atoms with E-state index in [4.69, 9.17) is 15.0 Å². The fourth-order valence-electron chi connectivity index (χ4n) is 7.26. The number of nitrogens with zero attached hydrogens (tertiary/aromatic N) is 4. The number of aromatic nitrogens is 4. The zero-order chi connectivity index (χ0) is 34.4. The largest absolute Gasteiger partial charge is 0.256 e. The van der Waals surface area contributed by atoms with Crippen molar-refractivity contribution < 1.29 is 0 Å². The molecule has 242 valence electrons. The number of pyridine rings is 1. The Kier molecular flexibility index (Phi) is 7.44. The average Bonchev–Trinajstić information content (AvgIpc) is 3.44. The van der Waals surface area contributed by atoms with E-state index in [2.05, 4.69) is 134 Å². The maximum absolute atomic E-state index is 4.97. The second kappa shape index (κ2) is 12.4. The van der Waals surface area contributed by atoms with Crippen LogP contribution >= 0.6 is 0 Å². The molecule has 0 aliphatic heterocycles. The number of benzene rings is 6. The van der Waals surface area contributed by atoms with Gasteiger partial charge >= 0.3 is 0 Å². The molecule has 1 aliphatic carbocycles. The molecule has 0 bridgehead atoms. The molecule has 0 N–H and O–H groups in total. The first kappa shape index (κ1) is 30.5. The third-order valence-corrected chi connectivity index (χ3v) is 10.0. The normalized spacial score (nSPS) is 12.7. The molecular weight excluding hydrogens is 621 g/mol. The summed E-state index contributed by atoms with van der Waals surface area (Å²) in [6.45, 7) is 4.65. The van der Waals surface area contributed by atoms with E-state index in [-0.39, 0.29) is 5.41 Å². The first-order valence-corrected chi connectivity index (χ1v) is 17.3. The molecule has 4 nitrogen and oxygen atoms in total. The quantitative estimate of drug-likeness (QED) is 0.179. The van der Waals surface area contributed by atoms with Gasteiger partial charge in [0.1, 0.15) is 0 Å². The van der Waals surface area contributed by atoms with Crippen LogP contribution in [0.3, 0.4) is 0 Å². The maximum atomic E-state index is 4.97. The van der Waals surface area contributed by atoms with E-state index in [1.807, 2.05) is 54.7 Å².